The fourth-order valence-corrected chi connectivity index (χ4v) is 3.09. The van der Waals surface area contributed by atoms with E-state index in [1.165, 1.54) is 38.5 Å². The number of guanidine groups is 1. The smallest absolute Gasteiger partial charge is 0.191 e. The average molecular weight is 223 g/mol. The lowest BCUT2D eigenvalue weighted by molar-refractivity contribution is 0.391. The maximum atomic E-state index is 6.14. The Kier molecular flexibility index (Phi) is 3.72. The number of hydrogen-bond acceptors (Lipinski definition) is 1. The normalized spacial score (nSPS) is 33.4. The molecule has 0 bridgehead atoms. The number of nitrogens with zero attached hydrogens (tertiary/aromatic N) is 2. The molecule has 1 saturated carbocycles. The van der Waals surface area contributed by atoms with Gasteiger partial charge in [-0.15, -0.1) is 0 Å². The summed E-state index contributed by atoms with van der Waals surface area (Å²) in [6.45, 7) is 5.64. The molecule has 0 spiro atoms. The van der Waals surface area contributed by atoms with Gasteiger partial charge >= 0.3 is 0 Å². The van der Waals surface area contributed by atoms with Crippen LogP contribution in [0.25, 0.3) is 0 Å². The maximum Gasteiger partial charge on any atom is 0.191 e. The molecular weight excluding hydrogens is 198 g/mol. The lowest BCUT2D eigenvalue weighted by atomic mass is 9.96. The molecule has 16 heavy (non-hydrogen) atoms. The molecule has 2 unspecified atom stereocenters. The van der Waals surface area contributed by atoms with E-state index in [1.54, 1.807) is 0 Å². The third-order valence-electron chi connectivity index (χ3n) is 3.97. The summed E-state index contributed by atoms with van der Waals surface area (Å²) < 4.78 is 0. The SMILES string of the molecule is CC1CC(C)N(C(N)=NC2CCCCC2)C1. The molecule has 1 heterocycles. The molecule has 1 aliphatic carbocycles. The molecular formula is C13H25N3. The Labute approximate surface area is 99.1 Å². The third-order valence-corrected chi connectivity index (χ3v) is 3.97. The Balaban J connectivity index is 1.94. The molecule has 2 fully saturated rings. The first kappa shape index (κ1) is 11.7. The number of hydrogen-bond donors (Lipinski definition) is 1. The van der Waals surface area contributed by atoms with Crippen molar-refractivity contribution in [3.63, 3.8) is 0 Å². The Morgan fingerprint density at radius 2 is 1.88 bits per heavy atom. The predicted octanol–water partition coefficient (Wildman–Crippen LogP) is 2.36. The highest BCUT2D eigenvalue weighted by atomic mass is 15.3. The fraction of sp³-hybridized carbons (Fsp3) is 0.923. The van der Waals surface area contributed by atoms with Crippen molar-refractivity contribution in [2.24, 2.45) is 16.6 Å². The second-order valence-corrected chi connectivity index (χ2v) is 5.62. The highest BCUT2D eigenvalue weighted by Gasteiger charge is 2.27. The first-order valence-corrected chi connectivity index (χ1v) is 6.76. The minimum absolute atomic E-state index is 0.497. The summed E-state index contributed by atoms with van der Waals surface area (Å²) in [5.74, 6) is 1.55. The Bertz CT molecular complexity index is 256. The van der Waals surface area contributed by atoms with Crippen molar-refractivity contribution in [1.29, 1.82) is 0 Å². The summed E-state index contributed by atoms with van der Waals surface area (Å²) in [5, 5.41) is 0. The number of aliphatic imine (C=N–C) groups is 1. The van der Waals surface area contributed by atoms with Crippen molar-refractivity contribution in [3.05, 3.63) is 0 Å². The van der Waals surface area contributed by atoms with Crippen LogP contribution in [0.5, 0.6) is 0 Å². The zero-order valence-corrected chi connectivity index (χ0v) is 10.7. The van der Waals surface area contributed by atoms with E-state index < -0.39 is 0 Å². The van der Waals surface area contributed by atoms with Crippen LogP contribution >= 0.6 is 0 Å². The largest absolute Gasteiger partial charge is 0.370 e. The van der Waals surface area contributed by atoms with Crippen LogP contribution in [0, 0.1) is 5.92 Å². The van der Waals surface area contributed by atoms with Gasteiger partial charge in [-0.25, -0.2) is 4.99 Å². The van der Waals surface area contributed by atoms with Gasteiger partial charge < -0.3 is 10.6 Å². The first-order chi connectivity index (χ1) is 7.66. The standard InChI is InChI=1S/C13H25N3/c1-10-8-11(2)16(9-10)13(14)15-12-6-4-3-5-7-12/h10-12H,3-9H2,1-2H3,(H2,14,15). The Morgan fingerprint density at radius 3 is 2.44 bits per heavy atom. The van der Waals surface area contributed by atoms with Gasteiger partial charge in [0.1, 0.15) is 0 Å². The van der Waals surface area contributed by atoms with Gasteiger partial charge in [-0.2, -0.15) is 0 Å². The van der Waals surface area contributed by atoms with Gasteiger partial charge in [0.15, 0.2) is 5.96 Å². The van der Waals surface area contributed by atoms with Gasteiger partial charge in [0.25, 0.3) is 0 Å². The van der Waals surface area contributed by atoms with Crippen molar-refractivity contribution in [2.45, 2.75) is 64.5 Å². The highest BCUT2D eigenvalue weighted by molar-refractivity contribution is 5.78. The topological polar surface area (TPSA) is 41.6 Å². The van der Waals surface area contributed by atoms with Gasteiger partial charge in [0, 0.05) is 12.6 Å². The molecule has 92 valence electrons. The zero-order chi connectivity index (χ0) is 11.5. The summed E-state index contributed by atoms with van der Waals surface area (Å²) in [6.07, 6.45) is 7.75. The first-order valence-electron chi connectivity index (χ1n) is 6.76. The van der Waals surface area contributed by atoms with Crippen LogP contribution in [-0.4, -0.2) is 29.5 Å². The molecule has 0 aromatic rings. The molecule has 0 amide bonds. The predicted molar refractivity (Wildman–Crippen MR) is 68.4 cm³/mol. The minimum atomic E-state index is 0.497. The average Bonchev–Trinajstić information content (AvgIpc) is 2.59. The van der Waals surface area contributed by atoms with E-state index in [4.69, 9.17) is 10.7 Å². The van der Waals surface area contributed by atoms with Gasteiger partial charge in [0.05, 0.1) is 6.04 Å². The van der Waals surface area contributed by atoms with Crippen LogP contribution in [0.2, 0.25) is 0 Å². The molecule has 0 radical (unpaired) electrons. The van der Waals surface area contributed by atoms with Gasteiger partial charge in [-0.1, -0.05) is 26.2 Å². The lowest BCUT2D eigenvalue weighted by Crippen LogP contribution is -2.40. The summed E-state index contributed by atoms with van der Waals surface area (Å²) in [4.78, 5) is 7.01. The van der Waals surface area contributed by atoms with E-state index >= 15 is 0 Å². The van der Waals surface area contributed by atoms with E-state index in [0.29, 0.717) is 12.1 Å². The third kappa shape index (κ3) is 2.69. The lowest BCUT2D eigenvalue weighted by Gasteiger charge is -2.25. The van der Waals surface area contributed by atoms with Crippen LogP contribution in [0.3, 0.4) is 0 Å². The summed E-state index contributed by atoms with van der Waals surface area (Å²) >= 11 is 0. The van der Waals surface area contributed by atoms with Crippen LogP contribution in [0.15, 0.2) is 4.99 Å². The summed E-state index contributed by atoms with van der Waals surface area (Å²) in [7, 11) is 0. The zero-order valence-electron chi connectivity index (χ0n) is 10.7. The Morgan fingerprint density at radius 1 is 1.19 bits per heavy atom. The van der Waals surface area contributed by atoms with Crippen molar-refractivity contribution >= 4 is 5.96 Å². The van der Waals surface area contributed by atoms with Crippen molar-refractivity contribution in [2.75, 3.05) is 6.54 Å². The highest BCUT2D eigenvalue weighted by Crippen LogP contribution is 2.24. The summed E-state index contributed by atoms with van der Waals surface area (Å²) in [5.41, 5.74) is 6.14. The molecule has 1 aliphatic heterocycles. The maximum absolute atomic E-state index is 6.14. The van der Waals surface area contributed by atoms with E-state index in [1.807, 2.05) is 0 Å². The van der Waals surface area contributed by atoms with E-state index in [2.05, 4.69) is 18.7 Å². The molecule has 3 heteroatoms. The number of likely N-dealkylation sites (tertiary alicyclic amines) is 1. The number of nitrogens with two attached hydrogens (primary N) is 1. The number of rotatable bonds is 1. The second-order valence-electron chi connectivity index (χ2n) is 5.62. The van der Waals surface area contributed by atoms with E-state index in [-0.39, 0.29) is 0 Å². The van der Waals surface area contributed by atoms with E-state index in [0.717, 1.165) is 18.4 Å². The molecule has 2 atom stereocenters. The van der Waals surface area contributed by atoms with Crippen molar-refractivity contribution < 1.29 is 0 Å². The van der Waals surface area contributed by atoms with E-state index in [9.17, 15) is 0 Å². The van der Waals surface area contributed by atoms with Crippen LogP contribution in [-0.2, 0) is 0 Å². The minimum Gasteiger partial charge on any atom is -0.370 e. The monoisotopic (exact) mass is 223 g/mol. The molecule has 1 saturated heterocycles. The molecule has 2 aliphatic rings. The second kappa shape index (κ2) is 5.07. The van der Waals surface area contributed by atoms with Gasteiger partial charge in [-0.3, -0.25) is 0 Å². The molecule has 2 rings (SSSR count). The van der Waals surface area contributed by atoms with Gasteiger partial charge in [0.2, 0.25) is 0 Å². The fourth-order valence-electron chi connectivity index (χ4n) is 3.09. The quantitative estimate of drug-likeness (QED) is 0.548. The molecule has 2 N–H and O–H groups in total. The van der Waals surface area contributed by atoms with Crippen LogP contribution in [0.1, 0.15) is 52.4 Å². The van der Waals surface area contributed by atoms with Crippen LogP contribution < -0.4 is 5.73 Å². The Hall–Kier alpha value is -0.730. The molecule has 0 aromatic carbocycles. The van der Waals surface area contributed by atoms with Crippen molar-refractivity contribution in [1.82, 2.24) is 4.90 Å². The van der Waals surface area contributed by atoms with Crippen molar-refractivity contribution in [3.8, 4) is 0 Å². The molecule has 0 aromatic heterocycles. The molecule has 3 nitrogen and oxygen atoms in total. The van der Waals surface area contributed by atoms with Crippen LogP contribution in [0.4, 0.5) is 0 Å². The van der Waals surface area contributed by atoms with Gasteiger partial charge in [-0.05, 0) is 32.1 Å². The summed E-state index contributed by atoms with van der Waals surface area (Å²) in [6, 6.07) is 1.07.